The summed E-state index contributed by atoms with van der Waals surface area (Å²) in [5.41, 5.74) is 2.37. The molecule has 1 atom stereocenters. The molecular weight excluding hydrogens is 346 g/mol. The summed E-state index contributed by atoms with van der Waals surface area (Å²) in [6, 6.07) is 5.35. The van der Waals surface area contributed by atoms with Gasteiger partial charge in [0.25, 0.3) is 5.91 Å². The summed E-state index contributed by atoms with van der Waals surface area (Å²) in [6.07, 6.45) is 1.62. The molecule has 1 aliphatic heterocycles. The molecule has 0 bridgehead atoms. The van der Waals surface area contributed by atoms with Gasteiger partial charge in [0, 0.05) is 32.7 Å². The van der Waals surface area contributed by atoms with Gasteiger partial charge in [-0.05, 0) is 25.1 Å². The molecule has 2 aromatic heterocycles. The van der Waals surface area contributed by atoms with Crippen molar-refractivity contribution in [2.24, 2.45) is 14.1 Å². The molecule has 3 heterocycles. The lowest BCUT2D eigenvalue weighted by atomic mass is 10.1. The van der Waals surface area contributed by atoms with Crippen molar-refractivity contribution in [3.8, 4) is 0 Å². The second kappa shape index (κ2) is 6.99. The van der Waals surface area contributed by atoms with E-state index in [0.29, 0.717) is 24.6 Å². The van der Waals surface area contributed by atoms with E-state index in [9.17, 15) is 4.79 Å². The molecule has 1 unspecified atom stereocenters. The summed E-state index contributed by atoms with van der Waals surface area (Å²) in [7, 11) is 3.85. The van der Waals surface area contributed by atoms with Gasteiger partial charge in [0.2, 0.25) is 5.95 Å². The van der Waals surface area contributed by atoms with Gasteiger partial charge in [-0.2, -0.15) is 0 Å². The van der Waals surface area contributed by atoms with Crippen molar-refractivity contribution in [1.29, 1.82) is 0 Å². The highest BCUT2D eigenvalue weighted by Crippen LogP contribution is 2.23. The first kappa shape index (κ1) is 17.5. The fourth-order valence-corrected chi connectivity index (χ4v) is 3.40. The van der Waals surface area contributed by atoms with E-state index in [2.05, 4.69) is 25.0 Å². The molecule has 1 amide bonds. The van der Waals surface area contributed by atoms with Crippen LogP contribution in [-0.2, 0) is 18.8 Å². The number of amides is 1. The van der Waals surface area contributed by atoms with E-state index < -0.39 is 0 Å². The summed E-state index contributed by atoms with van der Waals surface area (Å²) < 4.78 is 9.27. The molecule has 1 aromatic carbocycles. The predicted molar refractivity (Wildman–Crippen MR) is 101 cm³/mol. The number of anilines is 1. The van der Waals surface area contributed by atoms with Crippen molar-refractivity contribution in [3.63, 3.8) is 0 Å². The Kier molecular flexibility index (Phi) is 4.53. The molecule has 0 radical (unpaired) electrons. The number of hydrogen-bond acceptors (Lipinski definition) is 6. The van der Waals surface area contributed by atoms with Crippen LogP contribution in [0.1, 0.15) is 29.1 Å². The van der Waals surface area contributed by atoms with E-state index in [1.807, 2.05) is 39.2 Å². The number of carbonyl (C=O) groups excluding carboxylic acids is 1. The van der Waals surface area contributed by atoms with Crippen LogP contribution in [0.25, 0.3) is 11.0 Å². The van der Waals surface area contributed by atoms with Gasteiger partial charge in [0.15, 0.2) is 5.82 Å². The molecule has 1 aliphatic rings. The Morgan fingerprint density at radius 3 is 2.74 bits per heavy atom. The highest BCUT2D eigenvalue weighted by molar-refractivity contribution is 5.97. The summed E-state index contributed by atoms with van der Waals surface area (Å²) in [4.78, 5) is 19.6. The van der Waals surface area contributed by atoms with Gasteiger partial charge in [-0.3, -0.25) is 4.79 Å². The van der Waals surface area contributed by atoms with Crippen molar-refractivity contribution in [3.05, 3.63) is 35.9 Å². The van der Waals surface area contributed by atoms with Gasteiger partial charge < -0.3 is 24.1 Å². The lowest BCUT2D eigenvalue weighted by molar-refractivity contribution is 0.0938. The van der Waals surface area contributed by atoms with Crippen LogP contribution in [0, 0.1) is 0 Å². The number of morpholine rings is 1. The Morgan fingerprint density at radius 2 is 2.04 bits per heavy atom. The Bertz CT molecular complexity index is 971. The number of rotatable bonds is 4. The maximum absolute atomic E-state index is 12.7. The lowest BCUT2D eigenvalue weighted by Crippen LogP contribution is -2.37. The molecule has 1 saturated heterocycles. The first-order valence-corrected chi connectivity index (χ1v) is 8.98. The maximum Gasteiger partial charge on any atom is 0.251 e. The van der Waals surface area contributed by atoms with Crippen LogP contribution in [-0.4, -0.2) is 56.5 Å². The zero-order valence-corrected chi connectivity index (χ0v) is 15.7. The number of nitrogens with zero attached hydrogens (tertiary/aromatic N) is 6. The quantitative estimate of drug-likeness (QED) is 0.739. The Hall–Kier alpha value is -2.94. The molecule has 1 fully saturated rings. The number of hydrogen-bond donors (Lipinski definition) is 1. The van der Waals surface area contributed by atoms with Crippen LogP contribution in [0.3, 0.4) is 0 Å². The van der Waals surface area contributed by atoms with E-state index in [1.54, 1.807) is 10.9 Å². The third kappa shape index (κ3) is 3.25. The van der Waals surface area contributed by atoms with Crippen LogP contribution in [0.2, 0.25) is 0 Å². The molecule has 0 aliphatic carbocycles. The monoisotopic (exact) mass is 369 g/mol. The number of aromatic nitrogens is 5. The molecule has 0 saturated carbocycles. The van der Waals surface area contributed by atoms with Gasteiger partial charge in [-0.25, -0.2) is 4.98 Å². The summed E-state index contributed by atoms with van der Waals surface area (Å²) in [5.74, 6) is 1.45. The van der Waals surface area contributed by atoms with Crippen LogP contribution >= 0.6 is 0 Å². The Balaban J connectivity index is 1.57. The molecule has 3 aromatic rings. The third-order valence-electron chi connectivity index (χ3n) is 4.89. The van der Waals surface area contributed by atoms with Crippen LogP contribution < -0.4 is 10.2 Å². The van der Waals surface area contributed by atoms with Gasteiger partial charge >= 0.3 is 0 Å². The largest absolute Gasteiger partial charge is 0.378 e. The SMILES string of the molecule is CC(NC(=O)c1ccc2c(c1)nc(N1CCOCC1)n2C)c1nncn1C. The van der Waals surface area contributed by atoms with Gasteiger partial charge in [-0.1, -0.05) is 0 Å². The zero-order valence-electron chi connectivity index (χ0n) is 15.7. The van der Waals surface area contributed by atoms with Crippen LogP contribution in [0.15, 0.2) is 24.5 Å². The summed E-state index contributed by atoms with van der Waals surface area (Å²) >= 11 is 0. The van der Waals surface area contributed by atoms with Gasteiger partial charge in [-0.15, -0.1) is 10.2 Å². The van der Waals surface area contributed by atoms with Gasteiger partial charge in [0.1, 0.15) is 6.33 Å². The number of nitrogens with one attached hydrogen (secondary N) is 1. The number of fused-ring (bicyclic) bond motifs is 1. The van der Waals surface area contributed by atoms with E-state index in [0.717, 1.165) is 30.1 Å². The van der Waals surface area contributed by atoms with Crippen molar-refractivity contribution in [1.82, 2.24) is 29.6 Å². The van der Waals surface area contributed by atoms with Crippen molar-refractivity contribution in [2.45, 2.75) is 13.0 Å². The Labute approximate surface area is 156 Å². The minimum absolute atomic E-state index is 0.161. The smallest absolute Gasteiger partial charge is 0.251 e. The highest BCUT2D eigenvalue weighted by atomic mass is 16.5. The summed E-state index contributed by atoms with van der Waals surface area (Å²) in [5, 5.41) is 10.9. The number of aryl methyl sites for hydroxylation is 2. The fourth-order valence-electron chi connectivity index (χ4n) is 3.40. The van der Waals surface area contributed by atoms with Gasteiger partial charge in [0.05, 0.1) is 30.3 Å². The maximum atomic E-state index is 12.7. The second-order valence-corrected chi connectivity index (χ2v) is 6.77. The highest BCUT2D eigenvalue weighted by Gasteiger charge is 2.20. The minimum atomic E-state index is -0.242. The molecule has 9 heteroatoms. The average molecular weight is 369 g/mol. The molecule has 142 valence electrons. The Morgan fingerprint density at radius 1 is 1.26 bits per heavy atom. The fraction of sp³-hybridized carbons (Fsp3) is 0.444. The molecule has 1 N–H and O–H groups in total. The van der Waals surface area contributed by atoms with E-state index in [-0.39, 0.29) is 11.9 Å². The zero-order chi connectivity index (χ0) is 19.0. The molecular formula is C18H23N7O2. The standard InChI is InChI=1S/C18H23N7O2/c1-12(16-22-19-11-23(16)2)20-17(26)13-4-5-15-14(10-13)21-18(24(15)3)25-6-8-27-9-7-25/h4-5,10-12H,6-9H2,1-3H3,(H,20,26). The number of imidazole rings is 1. The van der Waals surface area contributed by atoms with Crippen LogP contribution in [0.4, 0.5) is 5.95 Å². The average Bonchev–Trinajstić information content (AvgIpc) is 3.25. The number of carbonyl (C=O) groups is 1. The molecule has 0 spiro atoms. The second-order valence-electron chi connectivity index (χ2n) is 6.77. The molecule has 4 rings (SSSR count). The molecule has 27 heavy (non-hydrogen) atoms. The minimum Gasteiger partial charge on any atom is -0.378 e. The van der Waals surface area contributed by atoms with E-state index in [4.69, 9.17) is 9.72 Å². The first-order valence-electron chi connectivity index (χ1n) is 8.98. The number of benzene rings is 1. The first-order chi connectivity index (χ1) is 13.0. The van der Waals surface area contributed by atoms with Crippen molar-refractivity contribution in [2.75, 3.05) is 31.2 Å². The van der Waals surface area contributed by atoms with E-state index in [1.165, 1.54) is 0 Å². The normalized spacial score (nSPS) is 15.9. The van der Waals surface area contributed by atoms with Crippen LogP contribution in [0.5, 0.6) is 0 Å². The topological polar surface area (TPSA) is 90.1 Å². The van der Waals surface area contributed by atoms with Crippen molar-refractivity contribution >= 4 is 22.9 Å². The number of ether oxygens (including phenoxy) is 1. The summed E-state index contributed by atoms with van der Waals surface area (Å²) in [6.45, 7) is 4.94. The predicted octanol–water partition coefficient (Wildman–Crippen LogP) is 1.03. The third-order valence-corrected chi connectivity index (χ3v) is 4.89. The lowest BCUT2D eigenvalue weighted by Gasteiger charge is -2.27. The van der Waals surface area contributed by atoms with E-state index >= 15 is 0 Å². The molecule has 9 nitrogen and oxygen atoms in total. The van der Waals surface area contributed by atoms with Crippen molar-refractivity contribution < 1.29 is 9.53 Å².